The average molecular weight is 551 g/mol. The van der Waals surface area contributed by atoms with E-state index in [2.05, 4.69) is 9.93 Å². The smallest absolute Gasteiger partial charge is 0.338 e. The fourth-order valence-electron chi connectivity index (χ4n) is 3.37. The highest BCUT2D eigenvalue weighted by atomic mass is 32.2. The molecule has 0 amide bonds. The number of nitrogens with one attached hydrogen (secondary N) is 1. The molecule has 3 aromatic rings. The molecule has 3 aromatic carbocycles. The maximum absolute atomic E-state index is 12.9. The second-order valence-corrected chi connectivity index (χ2v) is 12.7. The summed E-state index contributed by atoms with van der Waals surface area (Å²) in [7, 11) is -3.96. The summed E-state index contributed by atoms with van der Waals surface area (Å²) in [5.74, 6) is -0.955. The van der Waals surface area contributed by atoms with E-state index < -0.39 is 33.2 Å². The van der Waals surface area contributed by atoms with Gasteiger partial charge in [0.15, 0.2) is 0 Å². The minimum atomic E-state index is -3.96. The van der Waals surface area contributed by atoms with Crippen molar-refractivity contribution in [2.75, 3.05) is 0 Å². The molecule has 0 unspecified atom stereocenters. The number of hydrogen-bond acceptors (Lipinski definition) is 7. The third-order valence-electron chi connectivity index (χ3n) is 5.19. The Morgan fingerprint density at radius 1 is 0.641 bits per heavy atom. The van der Waals surface area contributed by atoms with Crippen molar-refractivity contribution in [3.05, 3.63) is 101 Å². The molecular formula is C30H34N2O6S. The first-order valence-corrected chi connectivity index (χ1v) is 13.9. The van der Waals surface area contributed by atoms with Crippen LogP contribution in [-0.2, 0) is 19.5 Å². The Bertz CT molecular complexity index is 1390. The molecule has 0 aliphatic heterocycles. The van der Waals surface area contributed by atoms with Gasteiger partial charge in [-0.3, -0.25) is 0 Å². The van der Waals surface area contributed by atoms with Gasteiger partial charge in [0.05, 0.1) is 21.7 Å². The number of ether oxygens (including phenoxy) is 2. The van der Waals surface area contributed by atoms with E-state index >= 15 is 0 Å². The van der Waals surface area contributed by atoms with Crippen LogP contribution in [0.2, 0.25) is 0 Å². The standard InChI is InChI=1S/C30H34N2O6S/c1-20-8-18-25(19-9-20)39(35,36)32-31-26(21-10-14-23(15-11-21)27(33)37-29(2,3)4)22-12-16-24(17-13-22)28(34)38-30(5,6)7/h8-19,32H,1-7H3. The van der Waals surface area contributed by atoms with E-state index in [0.717, 1.165) is 5.56 Å². The molecule has 0 radical (unpaired) electrons. The summed E-state index contributed by atoms with van der Waals surface area (Å²) in [5, 5.41) is 4.25. The van der Waals surface area contributed by atoms with Crippen molar-refractivity contribution < 1.29 is 27.5 Å². The molecule has 9 heteroatoms. The molecule has 206 valence electrons. The maximum atomic E-state index is 12.9. The molecule has 0 spiro atoms. The largest absolute Gasteiger partial charge is 0.456 e. The van der Waals surface area contributed by atoms with Crippen LogP contribution in [-0.4, -0.2) is 37.3 Å². The second kappa shape index (κ2) is 11.4. The fourth-order valence-corrected chi connectivity index (χ4v) is 4.19. The van der Waals surface area contributed by atoms with Crippen molar-refractivity contribution in [1.82, 2.24) is 4.83 Å². The molecule has 0 aliphatic rings. The third-order valence-corrected chi connectivity index (χ3v) is 6.42. The molecule has 0 saturated carbocycles. The average Bonchev–Trinajstić information content (AvgIpc) is 2.83. The summed E-state index contributed by atoms with van der Waals surface area (Å²) < 4.78 is 36.7. The summed E-state index contributed by atoms with van der Waals surface area (Å²) in [4.78, 5) is 27.3. The van der Waals surface area contributed by atoms with Crippen LogP contribution in [0.15, 0.2) is 82.8 Å². The van der Waals surface area contributed by atoms with Gasteiger partial charge in [0, 0.05) is 11.1 Å². The lowest BCUT2D eigenvalue weighted by molar-refractivity contribution is 0.00570. The van der Waals surface area contributed by atoms with E-state index in [1.54, 1.807) is 102 Å². The number of hydrazone groups is 1. The van der Waals surface area contributed by atoms with Gasteiger partial charge in [0.2, 0.25) is 0 Å². The maximum Gasteiger partial charge on any atom is 0.338 e. The predicted molar refractivity (Wildman–Crippen MR) is 150 cm³/mol. The molecule has 0 fully saturated rings. The molecule has 1 N–H and O–H groups in total. The zero-order valence-corrected chi connectivity index (χ0v) is 24.0. The van der Waals surface area contributed by atoms with Gasteiger partial charge in [-0.2, -0.15) is 18.4 Å². The van der Waals surface area contributed by atoms with Gasteiger partial charge in [-0.25, -0.2) is 9.59 Å². The highest BCUT2D eigenvalue weighted by Crippen LogP contribution is 2.19. The van der Waals surface area contributed by atoms with Crippen molar-refractivity contribution in [1.29, 1.82) is 0 Å². The summed E-state index contributed by atoms with van der Waals surface area (Å²) in [6, 6.07) is 19.3. The number of rotatable bonds is 7. The van der Waals surface area contributed by atoms with Crippen molar-refractivity contribution in [2.24, 2.45) is 5.10 Å². The Hall–Kier alpha value is -3.98. The van der Waals surface area contributed by atoms with E-state index in [1.807, 2.05) is 6.92 Å². The van der Waals surface area contributed by atoms with E-state index in [1.165, 1.54) is 12.1 Å². The lowest BCUT2D eigenvalue weighted by Crippen LogP contribution is -2.24. The number of esters is 2. The normalized spacial score (nSPS) is 11.9. The minimum Gasteiger partial charge on any atom is -0.456 e. The van der Waals surface area contributed by atoms with Crippen molar-refractivity contribution in [3.63, 3.8) is 0 Å². The van der Waals surface area contributed by atoms with Crippen molar-refractivity contribution in [3.8, 4) is 0 Å². The predicted octanol–water partition coefficient (Wildman–Crippen LogP) is 5.64. The molecule has 0 saturated heterocycles. The first-order valence-electron chi connectivity index (χ1n) is 12.4. The Morgan fingerprint density at radius 2 is 1.00 bits per heavy atom. The molecule has 0 atom stereocenters. The summed E-state index contributed by atoms with van der Waals surface area (Å²) in [5.41, 5.74) is 1.68. The molecule has 0 heterocycles. The molecule has 3 rings (SSSR count). The number of nitrogens with zero attached hydrogens (tertiary/aromatic N) is 1. The van der Waals surface area contributed by atoms with Crippen LogP contribution < -0.4 is 4.83 Å². The van der Waals surface area contributed by atoms with Crippen molar-refractivity contribution >= 4 is 27.7 Å². The second-order valence-electron chi connectivity index (χ2n) is 11.0. The first kappa shape index (κ1) is 29.6. The monoisotopic (exact) mass is 550 g/mol. The zero-order valence-electron chi connectivity index (χ0n) is 23.2. The van der Waals surface area contributed by atoms with Crippen molar-refractivity contribution in [2.45, 2.75) is 64.6 Å². The topological polar surface area (TPSA) is 111 Å². The van der Waals surface area contributed by atoms with Crippen LogP contribution in [0.5, 0.6) is 0 Å². The molecule has 0 aromatic heterocycles. The van der Waals surface area contributed by atoms with Crippen LogP contribution in [0, 0.1) is 6.92 Å². The Balaban J connectivity index is 1.98. The lowest BCUT2D eigenvalue weighted by Gasteiger charge is -2.19. The molecule has 8 nitrogen and oxygen atoms in total. The van der Waals surface area contributed by atoms with E-state index in [-0.39, 0.29) is 10.6 Å². The molecule has 39 heavy (non-hydrogen) atoms. The summed E-state index contributed by atoms with van der Waals surface area (Å²) in [6.45, 7) is 12.6. The third kappa shape index (κ3) is 8.51. The van der Waals surface area contributed by atoms with E-state index in [4.69, 9.17) is 9.47 Å². The molecule has 0 bridgehead atoms. The first-order chi connectivity index (χ1) is 18.0. The van der Waals surface area contributed by atoms with Crippen LogP contribution in [0.1, 0.15) is 78.9 Å². The van der Waals surface area contributed by atoms with Crippen LogP contribution in [0.4, 0.5) is 0 Å². The van der Waals surface area contributed by atoms with Gasteiger partial charge in [-0.1, -0.05) is 42.0 Å². The van der Waals surface area contributed by atoms with Crippen LogP contribution in [0.3, 0.4) is 0 Å². The van der Waals surface area contributed by atoms with E-state index in [0.29, 0.717) is 22.3 Å². The van der Waals surface area contributed by atoms with Gasteiger partial charge in [-0.05, 0) is 84.9 Å². The highest BCUT2D eigenvalue weighted by Gasteiger charge is 2.20. The Labute approximate surface area is 230 Å². The number of carbonyl (C=O) groups is 2. The SMILES string of the molecule is Cc1ccc(S(=O)(=O)NN=C(c2ccc(C(=O)OC(C)(C)C)cc2)c2ccc(C(=O)OC(C)(C)C)cc2)cc1. The van der Waals surface area contributed by atoms with Gasteiger partial charge in [0.25, 0.3) is 10.0 Å². The molecule has 0 aliphatic carbocycles. The number of sulfonamides is 1. The minimum absolute atomic E-state index is 0.0664. The van der Waals surface area contributed by atoms with Gasteiger partial charge < -0.3 is 9.47 Å². The highest BCUT2D eigenvalue weighted by molar-refractivity contribution is 7.89. The van der Waals surface area contributed by atoms with Gasteiger partial charge >= 0.3 is 11.9 Å². The van der Waals surface area contributed by atoms with E-state index in [9.17, 15) is 18.0 Å². The molecular weight excluding hydrogens is 516 g/mol. The summed E-state index contributed by atoms with van der Waals surface area (Å²) in [6.07, 6.45) is 0. The Kier molecular flexibility index (Phi) is 8.65. The number of hydrogen-bond donors (Lipinski definition) is 1. The van der Waals surface area contributed by atoms with Crippen LogP contribution in [0.25, 0.3) is 0 Å². The van der Waals surface area contributed by atoms with Crippen LogP contribution >= 0.6 is 0 Å². The van der Waals surface area contributed by atoms with Gasteiger partial charge in [0.1, 0.15) is 11.2 Å². The number of carbonyl (C=O) groups excluding carboxylic acids is 2. The number of benzene rings is 3. The Morgan fingerprint density at radius 3 is 1.36 bits per heavy atom. The fraction of sp³-hybridized carbons (Fsp3) is 0.300. The lowest BCUT2D eigenvalue weighted by atomic mass is 10.00. The van der Waals surface area contributed by atoms with Gasteiger partial charge in [-0.15, -0.1) is 0 Å². The number of aryl methyl sites for hydroxylation is 1. The quantitative estimate of drug-likeness (QED) is 0.232. The summed E-state index contributed by atoms with van der Waals surface area (Å²) >= 11 is 0. The zero-order chi connectivity index (χ0) is 29.0.